The number of nitrogens with one attached hydrogen (secondary N) is 1. The quantitative estimate of drug-likeness (QED) is 0.900. The van der Waals surface area contributed by atoms with Gasteiger partial charge in [-0.2, -0.15) is 0 Å². The van der Waals surface area contributed by atoms with E-state index in [4.69, 9.17) is 4.74 Å². The third kappa shape index (κ3) is 2.78. The molecule has 1 aliphatic rings. The van der Waals surface area contributed by atoms with Crippen LogP contribution in [0.15, 0.2) is 10.5 Å². The molecule has 0 bridgehead atoms. The Bertz CT molecular complexity index is 433. The summed E-state index contributed by atoms with van der Waals surface area (Å²) in [5, 5.41) is 13.0. The van der Waals surface area contributed by atoms with E-state index >= 15 is 0 Å². The first-order valence-corrected chi connectivity index (χ1v) is 6.87. The van der Waals surface area contributed by atoms with Crippen LogP contribution < -0.4 is 10.1 Å². The molecule has 1 aromatic carbocycles. The highest BCUT2D eigenvalue weighted by Crippen LogP contribution is 2.39. The molecule has 1 unspecified atom stereocenters. The fraction of sp³-hybridized carbons (Fsp3) is 0.538. The standard InChI is InChI=1S/C13H17BrFNO2/c1-18-13-9(5-8-3-2-4-16-7-8)10(14)6-11(15)12(13)17/h6,8,16-17H,2-5,7H2,1H3. The van der Waals surface area contributed by atoms with Crippen molar-refractivity contribution in [3.8, 4) is 11.5 Å². The SMILES string of the molecule is COc1c(O)c(F)cc(Br)c1CC1CCCNC1. The van der Waals surface area contributed by atoms with Gasteiger partial charge in [-0.05, 0) is 44.3 Å². The molecule has 1 aromatic rings. The number of piperidine rings is 1. The van der Waals surface area contributed by atoms with Crippen molar-refractivity contribution in [2.75, 3.05) is 20.2 Å². The second kappa shape index (κ2) is 5.89. The molecule has 0 spiro atoms. The molecule has 0 saturated carbocycles. The van der Waals surface area contributed by atoms with E-state index in [9.17, 15) is 9.50 Å². The van der Waals surface area contributed by atoms with Crippen LogP contribution in [0.5, 0.6) is 11.5 Å². The van der Waals surface area contributed by atoms with Crippen LogP contribution in [0.4, 0.5) is 4.39 Å². The molecule has 1 aliphatic heterocycles. The van der Waals surface area contributed by atoms with Gasteiger partial charge < -0.3 is 15.2 Å². The number of rotatable bonds is 3. The van der Waals surface area contributed by atoms with Gasteiger partial charge in [-0.3, -0.25) is 0 Å². The Morgan fingerprint density at radius 3 is 3.00 bits per heavy atom. The summed E-state index contributed by atoms with van der Waals surface area (Å²) in [6.45, 7) is 2.01. The summed E-state index contributed by atoms with van der Waals surface area (Å²) in [4.78, 5) is 0. The Hall–Kier alpha value is -0.810. The zero-order chi connectivity index (χ0) is 13.1. The van der Waals surface area contributed by atoms with Crippen molar-refractivity contribution in [3.63, 3.8) is 0 Å². The minimum absolute atomic E-state index is 0.243. The molecule has 18 heavy (non-hydrogen) atoms. The number of methoxy groups -OCH3 is 1. The number of benzene rings is 1. The lowest BCUT2D eigenvalue weighted by Gasteiger charge is -2.24. The van der Waals surface area contributed by atoms with Crippen molar-refractivity contribution < 1.29 is 14.2 Å². The maximum Gasteiger partial charge on any atom is 0.194 e. The van der Waals surface area contributed by atoms with Crippen LogP contribution >= 0.6 is 15.9 Å². The topological polar surface area (TPSA) is 41.5 Å². The maximum absolute atomic E-state index is 13.4. The maximum atomic E-state index is 13.4. The van der Waals surface area contributed by atoms with E-state index in [1.807, 2.05) is 0 Å². The summed E-state index contributed by atoms with van der Waals surface area (Å²) in [5.74, 6) is -0.329. The predicted molar refractivity (Wildman–Crippen MR) is 71.6 cm³/mol. The Labute approximate surface area is 114 Å². The lowest BCUT2D eigenvalue weighted by molar-refractivity contribution is 0.339. The zero-order valence-electron chi connectivity index (χ0n) is 10.3. The van der Waals surface area contributed by atoms with E-state index in [-0.39, 0.29) is 5.75 Å². The Balaban J connectivity index is 2.28. The van der Waals surface area contributed by atoms with Gasteiger partial charge >= 0.3 is 0 Å². The highest BCUT2D eigenvalue weighted by molar-refractivity contribution is 9.10. The number of halogens is 2. The molecule has 3 nitrogen and oxygen atoms in total. The molecule has 0 aromatic heterocycles. The Morgan fingerprint density at radius 1 is 1.61 bits per heavy atom. The first-order chi connectivity index (χ1) is 8.63. The number of phenols is 1. The van der Waals surface area contributed by atoms with E-state index in [2.05, 4.69) is 21.2 Å². The van der Waals surface area contributed by atoms with E-state index in [1.165, 1.54) is 13.2 Å². The third-order valence-electron chi connectivity index (χ3n) is 3.35. The molecule has 0 radical (unpaired) electrons. The number of hydrogen-bond donors (Lipinski definition) is 2. The molecular weight excluding hydrogens is 301 g/mol. The van der Waals surface area contributed by atoms with Crippen LogP contribution in [0.25, 0.3) is 0 Å². The molecule has 0 amide bonds. The van der Waals surface area contributed by atoms with E-state index < -0.39 is 11.6 Å². The van der Waals surface area contributed by atoms with Crippen molar-refractivity contribution in [1.29, 1.82) is 0 Å². The van der Waals surface area contributed by atoms with Gasteiger partial charge in [0, 0.05) is 10.0 Å². The van der Waals surface area contributed by atoms with Gasteiger partial charge in [0.2, 0.25) is 0 Å². The largest absolute Gasteiger partial charge is 0.502 e. The van der Waals surface area contributed by atoms with Crippen LogP contribution in [0, 0.1) is 11.7 Å². The number of aromatic hydroxyl groups is 1. The normalized spacial score (nSPS) is 19.8. The molecule has 2 rings (SSSR count). The van der Waals surface area contributed by atoms with Crippen LogP contribution in [0.2, 0.25) is 0 Å². The van der Waals surface area contributed by atoms with E-state index in [0.717, 1.165) is 37.9 Å². The van der Waals surface area contributed by atoms with Crippen molar-refractivity contribution in [3.05, 3.63) is 21.9 Å². The fourth-order valence-corrected chi connectivity index (χ4v) is 2.97. The van der Waals surface area contributed by atoms with Gasteiger partial charge in [0.25, 0.3) is 0 Å². The minimum Gasteiger partial charge on any atom is -0.502 e. The van der Waals surface area contributed by atoms with Crippen molar-refractivity contribution in [2.45, 2.75) is 19.3 Å². The highest BCUT2D eigenvalue weighted by atomic mass is 79.9. The van der Waals surface area contributed by atoms with Crippen LogP contribution in [0.3, 0.4) is 0 Å². The first-order valence-electron chi connectivity index (χ1n) is 6.08. The van der Waals surface area contributed by atoms with Crippen molar-refractivity contribution in [1.82, 2.24) is 5.32 Å². The smallest absolute Gasteiger partial charge is 0.194 e. The third-order valence-corrected chi connectivity index (χ3v) is 4.06. The first kappa shape index (κ1) is 13.6. The van der Waals surface area contributed by atoms with Crippen molar-refractivity contribution >= 4 is 15.9 Å². The molecule has 1 heterocycles. The van der Waals surface area contributed by atoms with Gasteiger partial charge in [0.1, 0.15) is 0 Å². The predicted octanol–water partition coefficient (Wildman–Crippen LogP) is 2.84. The van der Waals surface area contributed by atoms with Gasteiger partial charge in [-0.15, -0.1) is 0 Å². The van der Waals surface area contributed by atoms with Crippen molar-refractivity contribution in [2.24, 2.45) is 5.92 Å². The van der Waals surface area contributed by atoms with E-state index in [0.29, 0.717) is 10.4 Å². The highest BCUT2D eigenvalue weighted by Gasteiger charge is 2.22. The van der Waals surface area contributed by atoms with Gasteiger partial charge in [0.05, 0.1) is 7.11 Å². The second-order valence-corrected chi connectivity index (χ2v) is 5.47. The molecule has 1 atom stereocenters. The summed E-state index contributed by atoms with van der Waals surface area (Å²) in [6, 6.07) is 1.30. The monoisotopic (exact) mass is 317 g/mol. The van der Waals surface area contributed by atoms with Gasteiger partial charge in [0.15, 0.2) is 17.3 Å². The summed E-state index contributed by atoms with van der Waals surface area (Å²) in [6.07, 6.45) is 3.06. The molecule has 1 saturated heterocycles. The average Bonchev–Trinajstić information content (AvgIpc) is 2.37. The summed E-state index contributed by atoms with van der Waals surface area (Å²) in [5.41, 5.74) is 0.838. The Morgan fingerprint density at radius 2 is 2.39 bits per heavy atom. The van der Waals surface area contributed by atoms with Crippen LogP contribution in [0.1, 0.15) is 18.4 Å². The molecule has 2 N–H and O–H groups in total. The number of ether oxygens (including phenoxy) is 1. The lowest BCUT2D eigenvalue weighted by atomic mass is 9.92. The molecule has 5 heteroatoms. The summed E-state index contributed by atoms with van der Waals surface area (Å²) >= 11 is 3.35. The average molecular weight is 318 g/mol. The van der Waals surface area contributed by atoms with E-state index in [1.54, 1.807) is 0 Å². The summed E-state index contributed by atoms with van der Waals surface area (Å²) in [7, 11) is 1.45. The second-order valence-electron chi connectivity index (χ2n) is 4.62. The fourth-order valence-electron chi connectivity index (χ4n) is 2.42. The molecule has 1 fully saturated rings. The molecule has 0 aliphatic carbocycles. The summed E-state index contributed by atoms with van der Waals surface area (Å²) < 4.78 is 19.2. The van der Waals surface area contributed by atoms with Crippen LogP contribution in [-0.2, 0) is 6.42 Å². The lowest BCUT2D eigenvalue weighted by Crippen LogP contribution is -2.31. The Kier molecular flexibility index (Phi) is 4.45. The zero-order valence-corrected chi connectivity index (χ0v) is 11.9. The minimum atomic E-state index is -0.663. The molecule has 100 valence electrons. The number of phenolic OH excluding ortho intramolecular Hbond substituents is 1. The van der Waals surface area contributed by atoms with Gasteiger partial charge in [-0.1, -0.05) is 15.9 Å². The van der Waals surface area contributed by atoms with Gasteiger partial charge in [-0.25, -0.2) is 4.39 Å². The molecular formula is C13H17BrFNO2. The van der Waals surface area contributed by atoms with Crippen LogP contribution in [-0.4, -0.2) is 25.3 Å². The number of hydrogen-bond acceptors (Lipinski definition) is 3.